The maximum Gasteiger partial charge on any atom is 0.472 e. The molecule has 10 heteroatoms. The van der Waals surface area contributed by atoms with E-state index in [2.05, 4.69) is 50.3 Å². The third kappa shape index (κ3) is 41.7. The van der Waals surface area contributed by atoms with Gasteiger partial charge in [-0.25, -0.2) is 4.57 Å². The standard InChI is InChI=1S/C45H84NO8P/c1-6-8-10-12-14-16-18-20-22-24-26-28-30-32-34-36-38-45(48)54-43(42-53-55(49,50)52-40-39-46(3,4)5)41-51-44(47)37-35-33-31-29-27-25-23-21-19-17-15-13-11-9-7-2/h15,17,21,23,27,29,43H,6-14,16,18-20,22,24-26,28,30-42H2,1-5H3/p+1/b17-15-,23-21-,29-27-/t43-/m1/s1. The molecule has 0 saturated heterocycles. The van der Waals surface area contributed by atoms with Crippen LogP contribution in [-0.2, 0) is 32.7 Å². The van der Waals surface area contributed by atoms with Crippen LogP contribution in [0.4, 0.5) is 0 Å². The molecule has 0 fully saturated rings. The third-order valence-corrected chi connectivity index (χ3v) is 10.4. The molecule has 0 aliphatic carbocycles. The highest BCUT2D eigenvalue weighted by molar-refractivity contribution is 7.47. The molecule has 2 atom stereocenters. The summed E-state index contributed by atoms with van der Waals surface area (Å²) in [7, 11) is 1.46. The van der Waals surface area contributed by atoms with Gasteiger partial charge in [0.1, 0.15) is 19.8 Å². The lowest BCUT2D eigenvalue weighted by molar-refractivity contribution is -0.870. The minimum atomic E-state index is -4.38. The molecule has 0 aromatic rings. The Kier molecular flexibility index (Phi) is 36.6. The highest BCUT2D eigenvalue weighted by Gasteiger charge is 2.27. The van der Waals surface area contributed by atoms with E-state index in [1.165, 1.54) is 103 Å². The molecule has 0 aromatic heterocycles. The van der Waals surface area contributed by atoms with Crippen molar-refractivity contribution in [3.8, 4) is 0 Å². The maximum absolute atomic E-state index is 12.7. The average Bonchev–Trinajstić information content (AvgIpc) is 3.13. The predicted molar refractivity (Wildman–Crippen MR) is 229 cm³/mol. The van der Waals surface area contributed by atoms with Crippen LogP contribution in [0.1, 0.15) is 187 Å². The monoisotopic (exact) mass is 799 g/mol. The molecule has 0 bridgehead atoms. The van der Waals surface area contributed by atoms with E-state index in [4.69, 9.17) is 18.5 Å². The number of hydrogen-bond acceptors (Lipinski definition) is 7. The number of phosphoric acid groups is 1. The summed E-state index contributed by atoms with van der Waals surface area (Å²) < 4.78 is 34.3. The Bertz CT molecular complexity index is 1040. The van der Waals surface area contributed by atoms with Gasteiger partial charge < -0.3 is 18.9 Å². The number of carbonyl (C=O) groups is 2. The molecule has 1 unspecified atom stereocenters. The summed E-state index contributed by atoms with van der Waals surface area (Å²) in [5.41, 5.74) is 0. The molecule has 0 aliphatic heterocycles. The number of esters is 2. The molecule has 0 amide bonds. The minimum Gasteiger partial charge on any atom is -0.462 e. The first-order valence-corrected chi connectivity index (χ1v) is 23.7. The second-order valence-electron chi connectivity index (χ2n) is 16.1. The normalized spacial score (nSPS) is 13.9. The van der Waals surface area contributed by atoms with Gasteiger partial charge in [0.25, 0.3) is 0 Å². The summed E-state index contributed by atoms with van der Waals surface area (Å²) in [6, 6.07) is 0. The van der Waals surface area contributed by atoms with Crippen molar-refractivity contribution in [1.82, 2.24) is 0 Å². The van der Waals surface area contributed by atoms with Gasteiger partial charge in [0.05, 0.1) is 27.7 Å². The van der Waals surface area contributed by atoms with Crippen molar-refractivity contribution >= 4 is 19.8 Å². The van der Waals surface area contributed by atoms with Crippen LogP contribution in [-0.4, -0.2) is 74.9 Å². The van der Waals surface area contributed by atoms with E-state index in [1.54, 1.807) is 0 Å². The average molecular weight is 799 g/mol. The van der Waals surface area contributed by atoms with E-state index >= 15 is 0 Å². The fourth-order valence-electron chi connectivity index (χ4n) is 5.90. The van der Waals surface area contributed by atoms with Crippen molar-refractivity contribution in [2.75, 3.05) is 47.5 Å². The van der Waals surface area contributed by atoms with Crippen LogP contribution in [0.5, 0.6) is 0 Å². The van der Waals surface area contributed by atoms with E-state index in [-0.39, 0.29) is 26.1 Å². The molecule has 0 aliphatic rings. The molecule has 0 radical (unpaired) electrons. The maximum atomic E-state index is 12.7. The summed E-state index contributed by atoms with van der Waals surface area (Å²) in [4.78, 5) is 35.3. The molecule has 0 heterocycles. The van der Waals surface area contributed by atoms with E-state index < -0.39 is 32.5 Å². The number of carbonyl (C=O) groups excluding carboxylic acids is 2. The van der Waals surface area contributed by atoms with Gasteiger partial charge in [-0.05, 0) is 51.4 Å². The quantitative estimate of drug-likeness (QED) is 0.0215. The van der Waals surface area contributed by atoms with Crippen LogP contribution >= 0.6 is 7.82 Å². The van der Waals surface area contributed by atoms with Gasteiger partial charge in [-0.2, -0.15) is 0 Å². The fourth-order valence-corrected chi connectivity index (χ4v) is 6.64. The topological polar surface area (TPSA) is 108 Å². The first-order chi connectivity index (χ1) is 26.5. The van der Waals surface area contributed by atoms with E-state index in [0.29, 0.717) is 23.9 Å². The Balaban J connectivity index is 4.40. The molecule has 0 rings (SSSR count). The van der Waals surface area contributed by atoms with Gasteiger partial charge >= 0.3 is 19.8 Å². The number of quaternary nitrogens is 1. The van der Waals surface area contributed by atoms with E-state index in [0.717, 1.165) is 44.9 Å². The summed E-state index contributed by atoms with van der Waals surface area (Å²) in [6.07, 6.45) is 41.9. The first kappa shape index (κ1) is 53.2. The van der Waals surface area contributed by atoms with Gasteiger partial charge in [0.15, 0.2) is 6.10 Å². The zero-order chi connectivity index (χ0) is 40.7. The summed E-state index contributed by atoms with van der Waals surface area (Å²) in [6.45, 7) is 4.36. The number of phosphoric ester groups is 1. The summed E-state index contributed by atoms with van der Waals surface area (Å²) >= 11 is 0. The lowest BCUT2D eigenvalue weighted by atomic mass is 10.0. The largest absolute Gasteiger partial charge is 0.472 e. The molecule has 55 heavy (non-hydrogen) atoms. The molecule has 0 aromatic carbocycles. The zero-order valence-electron chi connectivity index (χ0n) is 36.2. The zero-order valence-corrected chi connectivity index (χ0v) is 37.1. The highest BCUT2D eigenvalue weighted by Crippen LogP contribution is 2.43. The first-order valence-electron chi connectivity index (χ1n) is 22.2. The number of rotatable bonds is 40. The predicted octanol–water partition coefficient (Wildman–Crippen LogP) is 12.5. The molecule has 1 N–H and O–H groups in total. The molecule has 0 spiro atoms. The number of ether oxygens (including phenoxy) is 2. The van der Waals surface area contributed by atoms with E-state index in [9.17, 15) is 19.0 Å². The third-order valence-electron chi connectivity index (χ3n) is 9.42. The van der Waals surface area contributed by atoms with Gasteiger partial charge in [-0.1, -0.05) is 159 Å². The number of unbranched alkanes of at least 4 members (excludes halogenated alkanes) is 20. The Labute approximate surface area is 338 Å². The van der Waals surface area contributed by atoms with Crippen LogP contribution in [0, 0.1) is 0 Å². The highest BCUT2D eigenvalue weighted by atomic mass is 31.2. The van der Waals surface area contributed by atoms with Crippen molar-refractivity contribution in [2.24, 2.45) is 0 Å². The summed E-state index contributed by atoms with van der Waals surface area (Å²) in [5.74, 6) is -0.839. The Morgan fingerprint density at radius 3 is 1.49 bits per heavy atom. The minimum absolute atomic E-state index is 0.0265. The van der Waals surface area contributed by atoms with Gasteiger partial charge in [-0.3, -0.25) is 18.6 Å². The van der Waals surface area contributed by atoms with Gasteiger partial charge in [0.2, 0.25) is 0 Å². The lowest BCUT2D eigenvalue weighted by Crippen LogP contribution is -2.37. The van der Waals surface area contributed by atoms with Crippen LogP contribution in [0.15, 0.2) is 36.5 Å². The Morgan fingerprint density at radius 2 is 0.982 bits per heavy atom. The Hall–Kier alpha value is -1.77. The fraction of sp³-hybridized carbons (Fsp3) is 0.822. The van der Waals surface area contributed by atoms with Crippen molar-refractivity contribution in [1.29, 1.82) is 0 Å². The number of likely N-dealkylation sites (N-methyl/N-ethyl adjacent to an activating group) is 1. The van der Waals surface area contributed by atoms with Crippen molar-refractivity contribution < 1.29 is 42.1 Å². The molecule has 0 saturated carbocycles. The van der Waals surface area contributed by atoms with Crippen LogP contribution in [0.3, 0.4) is 0 Å². The molecular weight excluding hydrogens is 713 g/mol. The van der Waals surface area contributed by atoms with Crippen molar-refractivity contribution in [3.63, 3.8) is 0 Å². The summed E-state index contributed by atoms with van der Waals surface area (Å²) in [5, 5.41) is 0. The SMILES string of the molecule is CCCCC/C=C\C/C=C\C/C=C\CCCCC(=O)OC[C@H](COP(=O)(O)OCC[N+](C)(C)C)OC(=O)CCCCCCCCCCCCCCCCCC. The molecule has 322 valence electrons. The van der Waals surface area contributed by atoms with Crippen LogP contribution in [0.25, 0.3) is 0 Å². The number of nitrogens with zero attached hydrogens (tertiary/aromatic N) is 1. The van der Waals surface area contributed by atoms with Gasteiger partial charge in [-0.15, -0.1) is 0 Å². The van der Waals surface area contributed by atoms with Crippen molar-refractivity contribution in [2.45, 2.75) is 193 Å². The second kappa shape index (κ2) is 37.8. The Morgan fingerprint density at radius 1 is 0.564 bits per heavy atom. The second-order valence-corrected chi connectivity index (χ2v) is 17.5. The van der Waals surface area contributed by atoms with Crippen LogP contribution < -0.4 is 0 Å². The molecular formula is C45H85NO8P+. The van der Waals surface area contributed by atoms with Crippen molar-refractivity contribution in [3.05, 3.63) is 36.5 Å². The smallest absolute Gasteiger partial charge is 0.462 e. The van der Waals surface area contributed by atoms with E-state index in [1.807, 2.05) is 21.1 Å². The van der Waals surface area contributed by atoms with Crippen LogP contribution in [0.2, 0.25) is 0 Å². The number of hydrogen-bond donors (Lipinski definition) is 1. The van der Waals surface area contributed by atoms with Gasteiger partial charge in [0, 0.05) is 12.8 Å². The molecule has 9 nitrogen and oxygen atoms in total. The lowest BCUT2D eigenvalue weighted by Gasteiger charge is -2.24. The number of allylic oxidation sites excluding steroid dienone is 6.